The Kier molecular flexibility index (Phi) is 6.09. The molecule has 0 saturated heterocycles. The van der Waals surface area contributed by atoms with E-state index in [4.69, 9.17) is 16.3 Å². The summed E-state index contributed by atoms with van der Waals surface area (Å²) in [6.07, 6.45) is 0. The summed E-state index contributed by atoms with van der Waals surface area (Å²) in [6.45, 7) is 1.02. The zero-order valence-corrected chi connectivity index (χ0v) is 14.0. The monoisotopic (exact) mass is 354 g/mol. The molecule has 0 bridgehead atoms. The van der Waals surface area contributed by atoms with E-state index in [9.17, 15) is 14.9 Å². The van der Waals surface area contributed by atoms with Gasteiger partial charge in [-0.2, -0.15) is 11.3 Å². The van der Waals surface area contributed by atoms with Crippen LogP contribution in [-0.4, -0.2) is 36.0 Å². The van der Waals surface area contributed by atoms with Gasteiger partial charge in [0.2, 0.25) is 0 Å². The molecule has 8 heteroatoms. The van der Waals surface area contributed by atoms with Crippen LogP contribution in [0.2, 0.25) is 5.02 Å². The van der Waals surface area contributed by atoms with Crippen LogP contribution in [0, 0.1) is 10.1 Å². The summed E-state index contributed by atoms with van der Waals surface area (Å²) in [5, 5.41) is 15.3. The van der Waals surface area contributed by atoms with Gasteiger partial charge in [0.25, 0.3) is 11.6 Å². The number of hydrogen-bond acceptors (Lipinski definition) is 5. The van der Waals surface area contributed by atoms with Crippen molar-refractivity contribution in [1.82, 2.24) is 4.90 Å². The lowest BCUT2D eigenvalue weighted by Gasteiger charge is -2.22. The van der Waals surface area contributed by atoms with Crippen LogP contribution in [0.1, 0.15) is 15.9 Å². The molecule has 1 amide bonds. The number of nitrogens with zero attached hydrogens (tertiary/aromatic N) is 2. The first-order valence-corrected chi connectivity index (χ1v) is 8.08. The number of hydrogen-bond donors (Lipinski definition) is 0. The molecule has 0 N–H and O–H groups in total. The average Bonchev–Trinajstić information content (AvgIpc) is 3.03. The molecule has 0 aliphatic heterocycles. The maximum absolute atomic E-state index is 12.8. The largest absolute Gasteiger partial charge is 0.383 e. The van der Waals surface area contributed by atoms with Crippen molar-refractivity contribution in [2.75, 3.05) is 20.3 Å². The van der Waals surface area contributed by atoms with E-state index in [1.165, 1.54) is 41.5 Å². The van der Waals surface area contributed by atoms with Crippen molar-refractivity contribution in [2.24, 2.45) is 0 Å². The van der Waals surface area contributed by atoms with Crippen LogP contribution in [0.3, 0.4) is 0 Å². The molecule has 0 spiro atoms. The van der Waals surface area contributed by atoms with Crippen LogP contribution in [-0.2, 0) is 11.3 Å². The first kappa shape index (κ1) is 17.4. The van der Waals surface area contributed by atoms with Gasteiger partial charge < -0.3 is 9.64 Å². The Morgan fingerprint density at radius 2 is 2.22 bits per heavy atom. The lowest BCUT2D eigenvalue weighted by Crippen LogP contribution is -2.33. The molecule has 1 heterocycles. The van der Waals surface area contributed by atoms with Crippen molar-refractivity contribution < 1.29 is 14.5 Å². The molecule has 0 aliphatic carbocycles. The summed E-state index contributed by atoms with van der Waals surface area (Å²) in [5.41, 5.74) is 0.685. The van der Waals surface area contributed by atoms with Gasteiger partial charge in [-0.1, -0.05) is 11.6 Å². The molecule has 23 heavy (non-hydrogen) atoms. The van der Waals surface area contributed by atoms with Crippen molar-refractivity contribution in [3.8, 4) is 0 Å². The molecule has 6 nitrogen and oxygen atoms in total. The lowest BCUT2D eigenvalue weighted by atomic mass is 10.1. The first-order chi connectivity index (χ1) is 11.0. The van der Waals surface area contributed by atoms with Gasteiger partial charge in [0.15, 0.2) is 0 Å². The number of ether oxygens (including phenoxy) is 1. The van der Waals surface area contributed by atoms with E-state index in [2.05, 4.69) is 0 Å². The van der Waals surface area contributed by atoms with Crippen molar-refractivity contribution >= 4 is 34.5 Å². The van der Waals surface area contributed by atoms with Crippen LogP contribution >= 0.6 is 22.9 Å². The number of benzene rings is 1. The van der Waals surface area contributed by atoms with Gasteiger partial charge in [0.1, 0.15) is 5.56 Å². The SMILES string of the molecule is COCCN(Cc1ccsc1)C(=O)c1cc(Cl)ccc1[N+](=O)[O-]. The number of carbonyl (C=O) groups excluding carboxylic acids is 1. The number of halogens is 1. The minimum atomic E-state index is -0.581. The molecule has 0 saturated carbocycles. The van der Waals surface area contributed by atoms with Gasteiger partial charge in [-0.25, -0.2) is 0 Å². The summed E-state index contributed by atoms with van der Waals surface area (Å²) in [4.78, 5) is 24.9. The number of thiophene rings is 1. The van der Waals surface area contributed by atoms with Crippen LogP contribution in [0.15, 0.2) is 35.0 Å². The van der Waals surface area contributed by atoms with E-state index < -0.39 is 10.8 Å². The van der Waals surface area contributed by atoms with Crippen LogP contribution in [0.25, 0.3) is 0 Å². The Hall–Kier alpha value is -1.96. The van der Waals surface area contributed by atoms with Crippen LogP contribution < -0.4 is 0 Å². The molecule has 122 valence electrons. The van der Waals surface area contributed by atoms with Gasteiger partial charge >= 0.3 is 0 Å². The highest BCUT2D eigenvalue weighted by Gasteiger charge is 2.25. The maximum atomic E-state index is 12.8. The number of amides is 1. The van der Waals surface area contributed by atoms with Crippen molar-refractivity contribution in [3.05, 3.63) is 61.3 Å². The van der Waals surface area contributed by atoms with Gasteiger partial charge in [0, 0.05) is 31.3 Å². The fraction of sp³-hybridized carbons (Fsp3) is 0.267. The number of nitro benzene ring substituents is 1. The molecule has 0 unspecified atom stereocenters. The van der Waals surface area contributed by atoms with Gasteiger partial charge in [-0.15, -0.1) is 0 Å². The van der Waals surface area contributed by atoms with Crippen molar-refractivity contribution in [2.45, 2.75) is 6.54 Å². The van der Waals surface area contributed by atoms with E-state index in [1.54, 1.807) is 0 Å². The number of nitro groups is 1. The quantitative estimate of drug-likeness (QED) is 0.562. The second-order valence-corrected chi connectivity index (χ2v) is 5.99. The summed E-state index contributed by atoms with van der Waals surface area (Å²) in [7, 11) is 1.54. The standard InChI is InChI=1S/C15H15ClN2O4S/c1-22-6-5-17(9-11-4-7-23-10-11)15(19)13-8-12(16)2-3-14(13)18(20)21/h2-4,7-8,10H,5-6,9H2,1H3. The molecule has 1 aromatic carbocycles. The highest BCUT2D eigenvalue weighted by atomic mass is 35.5. The third kappa shape index (κ3) is 4.51. The molecule has 0 fully saturated rings. The molecule has 0 atom stereocenters. The summed E-state index contributed by atoms with van der Waals surface area (Å²) in [6, 6.07) is 5.88. The van der Waals surface area contributed by atoms with E-state index in [1.807, 2.05) is 16.8 Å². The lowest BCUT2D eigenvalue weighted by molar-refractivity contribution is -0.385. The minimum absolute atomic E-state index is 0.0196. The van der Waals surface area contributed by atoms with E-state index in [0.29, 0.717) is 19.7 Å². The predicted molar refractivity (Wildman–Crippen MR) is 89.0 cm³/mol. The number of carbonyl (C=O) groups is 1. The molecule has 2 rings (SSSR count). The van der Waals surface area contributed by atoms with Gasteiger partial charge in [-0.05, 0) is 34.5 Å². The maximum Gasteiger partial charge on any atom is 0.282 e. The Bertz CT molecular complexity index is 691. The highest BCUT2D eigenvalue weighted by Crippen LogP contribution is 2.25. The number of methoxy groups -OCH3 is 1. The van der Waals surface area contributed by atoms with Gasteiger partial charge in [-0.3, -0.25) is 14.9 Å². The van der Waals surface area contributed by atoms with E-state index in [0.717, 1.165) is 5.56 Å². The predicted octanol–water partition coefficient (Wildman–Crippen LogP) is 3.60. The highest BCUT2D eigenvalue weighted by molar-refractivity contribution is 7.07. The summed E-state index contributed by atoms with van der Waals surface area (Å²) >= 11 is 7.43. The second kappa shape index (κ2) is 8.05. The Labute approximate surface area is 142 Å². The summed E-state index contributed by atoms with van der Waals surface area (Å²) < 4.78 is 5.03. The van der Waals surface area contributed by atoms with Crippen LogP contribution in [0.4, 0.5) is 5.69 Å². The molecule has 2 aromatic rings. The average molecular weight is 355 g/mol. The second-order valence-electron chi connectivity index (χ2n) is 4.77. The van der Waals surface area contributed by atoms with E-state index >= 15 is 0 Å². The van der Waals surface area contributed by atoms with Crippen molar-refractivity contribution in [3.63, 3.8) is 0 Å². The Morgan fingerprint density at radius 3 is 2.83 bits per heavy atom. The Morgan fingerprint density at radius 1 is 1.43 bits per heavy atom. The van der Waals surface area contributed by atoms with E-state index in [-0.39, 0.29) is 16.3 Å². The first-order valence-electron chi connectivity index (χ1n) is 6.76. The topological polar surface area (TPSA) is 72.7 Å². The third-order valence-corrected chi connectivity index (χ3v) is 4.16. The van der Waals surface area contributed by atoms with Crippen molar-refractivity contribution in [1.29, 1.82) is 0 Å². The fourth-order valence-corrected chi connectivity index (χ4v) is 2.90. The van der Waals surface area contributed by atoms with Crippen LogP contribution in [0.5, 0.6) is 0 Å². The zero-order valence-electron chi connectivity index (χ0n) is 12.4. The number of rotatable bonds is 7. The summed E-state index contributed by atoms with van der Waals surface area (Å²) in [5.74, 6) is -0.442. The molecule has 0 radical (unpaired) electrons. The molecule has 1 aromatic heterocycles. The molecular weight excluding hydrogens is 340 g/mol. The zero-order chi connectivity index (χ0) is 16.8. The normalized spacial score (nSPS) is 10.5. The molecular formula is C15H15ClN2O4S. The Balaban J connectivity index is 2.32. The third-order valence-electron chi connectivity index (χ3n) is 3.19. The molecule has 0 aliphatic rings. The minimum Gasteiger partial charge on any atom is -0.383 e. The van der Waals surface area contributed by atoms with Gasteiger partial charge in [0.05, 0.1) is 11.5 Å². The smallest absolute Gasteiger partial charge is 0.282 e. The fourth-order valence-electron chi connectivity index (χ4n) is 2.07.